The van der Waals surface area contributed by atoms with Gasteiger partial charge in [0.1, 0.15) is 0 Å². The summed E-state index contributed by atoms with van der Waals surface area (Å²) in [6, 6.07) is 7.54. The Morgan fingerprint density at radius 1 is 1.05 bits per heavy atom. The molecule has 6 heteroatoms. The minimum atomic E-state index is 0.180. The lowest BCUT2D eigenvalue weighted by atomic mass is 10.1. The Morgan fingerprint density at radius 2 is 1.85 bits per heavy atom. The van der Waals surface area contributed by atoms with Gasteiger partial charge < -0.3 is 10.5 Å². The number of nitrogens with two attached hydrogens (primary N) is 1. The van der Waals surface area contributed by atoms with Gasteiger partial charge in [0.15, 0.2) is 5.52 Å². The van der Waals surface area contributed by atoms with Gasteiger partial charge in [0, 0.05) is 18.0 Å². The number of fused-ring (bicyclic) bond motifs is 1. The highest BCUT2D eigenvalue weighted by molar-refractivity contribution is 5.82. The molecule has 6 nitrogen and oxygen atoms in total. The predicted octanol–water partition coefficient (Wildman–Crippen LogP) is 2.07. The maximum Gasteiger partial charge on any atom is 0.245 e. The van der Waals surface area contributed by atoms with Crippen LogP contribution in [-0.2, 0) is 0 Å². The first-order valence-electron chi connectivity index (χ1n) is 6.25. The van der Waals surface area contributed by atoms with Crippen LogP contribution in [0.4, 0.5) is 5.95 Å². The Balaban J connectivity index is 2.19. The average Bonchev–Trinajstić information content (AvgIpc) is 2.48. The van der Waals surface area contributed by atoms with Gasteiger partial charge in [-0.15, -0.1) is 0 Å². The third kappa shape index (κ3) is 2.23. The second-order valence-corrected chi connectivity index (χ2v) is 4.12. The summed E-state index contributed by atoms with van der Waals surface area (Å²) in [5.41, 5.74) is 8.73. The van der Waals surface area contributed by atoms with E-state index in [1.165, 1.54) is 0 Å². The summed E-state index contributed by atoms with van der Waals surface area (Å²) in [5, 5.41) is 0. The molecule has 0 fully saturated rings. The molecule has 0 amide bonds. The van der Waals surface area contributed by atoms with Gasteiger partial charge in [-0.1, -0.05) is 0 Å². The quantitative estimate of drug-likeness (QED) is 0.781. The van der Waals surface area contributed by atoms with Gasteiger partial charge in [0.2, 0.25) is 11.8 Å². The molecule has 0 aromatic carbocycles. The Labute approximate surface area is 115 Å². The molecule has 3 rings (SSSR count). The van der Waals surface area contributed by atoms with Gasteiger partial charge >= 0.3 is 0 Å². The van der Waals surface area contributed by atoms with Crippen molar-refractivity contribution in [3.8, 4) is 17.1 Å². The molecule has 100 valence electrons. The zero-order valence-corrected chi connectivity index (χ0v) is 10.9. The number of hydrogen-bond acceptors (Lipinski definition) is 6. The molecule has 0 atom stereocenters. The normalized spacial score (nSPS) is 10.7. The molecule has 0 spiro atoms. The Kier molecular flexibility index (Phi) is 3.12. The molecule has 0 radical (unpaired) electrons. The minimum Gasteiger partial charge on any atom is -0.476 e. The van der Waals surface area contributed by atoms with Gasteiger partial charge in [-0.3, -0.25) is 4.98 Å². The van der Waals surface area contributed by atoms with Crippen molar-refractivity contribution in [3.63, 3.8) is 0 Å². The number of anilines is 1. The van der Waals surface area contributed by atoms with Gasteiger partial charge in [0.25, 0.3) is 0 Å². The van der Waals surface area contributed by atoms with E-state index in [9.17, 15) is 0 Å². The van der Waals surface area contributed by atoms with Crippen LogP contribution in [0.5, 0.6) is 5.88 Å². The lowest BCUT2D eigenvalue weighted by molar-refractivity contribution is 0.330. The fourth-order valence-electron chi connectivity index (χ4n) is 1.93. The summed E-state index contributed by atoms with van der Waals surface area (Å²) in [4.78, 5) is 16.8. The van der Waals surface area contributed by atoms with Crippen molar-refractivity contribution in [3.05, 3.63) is 36.7 Å². The van der Waals surface area contributed by atoms with Gasteiger partial charge in [0.05, 0.1) is 17.8 Å². The maximum absolute atomic E-state index is 5.67. The SMILES string of the molecule is CCOc1nc(N)nc2ccc(-c3ccncc3)nc12. The van der Waals surface area contributed by atoms with Crippen LogP contribution >= 0.6 is 0 Å². The van der Waals surface area contributed by atoms with Crippen molar-refractivity contribution >= 4 is 17.0 Å². The van der Waals surface area contributed by atoms with Crippen LogP contribution in [0.15, 0.2) is 36.7 Å². The largest absolute Gasteiger partial charge is 0.476 e. The Morgan fingerprint density at radius 3 is 2.60 bits per heavy atom. The second-order valence-electron chi connectivity index (χ2n) is 4.12. The summed E-state index contributed by atoms with van der Waals surface area (Å²) < 4.78 is 5.48. The van der Waals surface area contributed by atoms with E-state index < -0.39 is 0 Å². The molecule has 0 aliphatic heterocycles. The molecule has 0 bridgehead atoms. The molecule has 20 heavy (non-hydrogen) atoms. The topological polar surface area (TPSA) is 86.8 Å². The molecule has 0 aliphatic rings. The number of pyridine rings is 2. The number of nitrogens with zero attached hydrogens (tertiary/aromatic N) is 4. The maximum atomic E-state index is 5.67. The Hall–Kier alpha value is -2.76. The molecule has 3 aromatic rings. The highest BCUT2D eigenvalue weighted by atomic mass is 16.5. The lowest BCUT2D eigenvalue weighted by Crippen LogP contribution is -2.02. The summed E-state index contributed by atoms with van der Waals surface area (Å²) in [7, 11) is 0. The van der Waals surface area contributed by atoms with E-state index in [-0.39, 0.29) is 5.95 Å². The van der Waals surface area contributed by atoms with Gasteiger partial charge in [-0.25, -0.2) is 9.97 Å². The highest BCUT2D eigenvalue weighted by Gasteiger charge is 2.10. The average molecular weight is 267 g/mol. The number of nitrogen functional groups attached to an aromatic ring is 1. The third-order valence-corrected chi connectivity index (χ3v) is 2.78. The Bertz CT molecular complexity index is 745. The van der Waals surface area contributed by atoms with E-state index in [1.807, 2.05) is 31.2 Å². The van der Waals surface area contributed by atoms with Crippen molar-refractivity contribution < 1.29 is 4.74 Å². The molecule has 0 saturated carbocycles. The monoisotopic (exact) mass is 267 g/mol. The van der Waals surface area contributed by atoms with Crippen molar-refractivity contribution in [2.45, 2.75) is 6.92 Å². The zero-order chi connectivity index (χ0) is 13.9. The van der Waals surface area contributed by atoms with Crippen LogP contribution in [0.3, 0.4) is 0 Å². The highest BCUT2D eigenvalue weighted by Crippen LogP contribution is 2.25. The van der Waals surface area contributed by atoms with E-state index >= 15 is 0 Å². The van der Waals surface area contributed by atoms with Crippen LogP contribution < -0.4 is 10.5 Å². The molecule has 0 saturated heterocycles. The fraction of sp³-hybridized carbons (Fsp3) is 0.143. The second kappa shape index (κ2) is 5.08. The molecular weight excluding hydrogens is 254 g/mol. The first kappa shape index (κ1) is 12.3. The first-order chi connectivity index (χ1) is 9.78. The van der Waals surface area contributed by atoms with E-state index in [0.29, 0.717) is 23.5 Å². The molecular formula is C14H13N5O. The summed E-state index contributed by atoms with van der Waals surface area (Å²) in [5.74, 6) is 0.588. The molecule has 3 heterocycles. The summed E-state index contributed by atoms with van der Waals surface area (Å²) >= 11 is 0. The van der Waals surface area contributed by atoms with Crippen LogP contribution in [0.25, 0.3) is 22.3 Å². The van der Waals surface area contributed by atoms with E-state index in [4.69, 9.17) is 10.5 Å². The van der Waals surface area contributed by atoms with Crippen LogP contribution in [0.1, 0.15) is 6.92 Å². The number of rotatable bonds is 3. The minimum absolute atomic E-state index is 0.180. The van der Waals surface area contributed by atoms with Crippen LogP contribution in [-0.4, -0.2) is 26.5 Å². The first-order valence-corrected chi connectivity index (χ1v) is 6.25. The predicted molar refractivity (Wildman–Crippen MR) is 76.1 cm³/mol. The third-order valence-electron chi connectivity index (χ3n) is 2.78. The summed E-state index contributed by atoms with van der Waals surface area (Å²) in [6.45, 7) is 2.38. The van der Waals surface area contributed by atoms with Crippen molar-refractivity contribution in [2.24, 2.45) is 0 Å². The molecule has 2 N–H and O–H groups in total. The van der Waals surface area contributed by atoms with Crippen molar-refractivity contribution in [2.75, 3.05) is 12.3 Å². The molecule has 3 aromatic heterocycles. The standard InChI is InChI=1S/C14H13N5O/c1-2-20-13-12-11(18-14(15)19-13)4-3-10(17-12)9-5-7-16-8-6-9/h3-8H,2H2,1H3,(H2,15,18,19). The smallest absolute Gasteiger partial charge is 0.245 e. The van der Waals surface area contributed by atoms with Crippen molar-refractivity contribution in [1.82, 2.24) is 19.9 Å². The fourth-order valence-corrected chi connectivity index (χ4v) is 1.93. The number of aromatic nitrogens is 4. The van der Waals surface area contributed by atoms with Crippen LogP contribution in [0, 0.1) is 0 Å². The van der Waals surface area contributed by atoms with E-state index in [2.05, 4.69) is 19.9 Å². The summed E-state index contributed by atoms with van der Waals surface area (Å²) in [6.07, 6.45) is 3.45. The zero-order valence-electron chi connectivity index (χ0n) is 10.9. The van der Waals surface area contributed by atoms with Gasteiger partial charge in [-0.05, 0) is 31.2 Å². The van der Waals surface area contributed by atoms with Crippen molar-refractivity contribution in [1.29, 1.82) is 0 Å². The molecule has 0 aliphatic carbocycles. The van der Waals surface area contributed by atoms with E-state index in [0.717, 1.165) is 11.3 Å². The number of hydrogen-bond donors (Lipinski definition) is 1. The number of ether oxygens (including phenoxy) is 1. The van der Waals surface area contributed by atoms with Crippen LogP contribution in [0.2, 0.25) is 0 Å². The van der Waals surface area contributed by atoms with Gasteiger partial charge in [-0.2, -0.15) is 4.98 Å². The van der Waals surface area contributed by atoms with E-state index in [1.54, 1.807) is 12.4 Å². The molecule has 0 unspecified atom stereocenters. The lowest BCUT2D eigenvalue weighted by Gasteiger charge is -2.08.